The van der Waals surface area contributed by atoms with Gasteiger partial charge in [-0.25, -0.2) is 4.79 Å². The number of urea groups is 1. The Kier molecular flexibility index (Phi) is 4.39. The van der Waals surface area contributed by atoms with Gasteiger partial charge in [-0.05, 0) is 47.9 Å². The van der Waals surface area contributed by atoms with Crippen LogP contribution in [0.3, 0.4) is 0 Å². The molecule has 5 nitrogen and oxygen atoms in total. The van der Waals surface area contributed by atoms with Gasteiger partial charge in [0.1, 0.15) is 0 Å². The molecule has 0 atom stereocenters. The first kappa shape index (κ1) is 16.5. The number of anilines is 2. The first-order chi connectivity index (χ1) is 12.0. The lowest BCUT2D eigenvalue weighted by atomic mass is 10.0. The van der Waals surface area contributed by atoms with Crippen LogP contribution in [0.25, 0.3) is 10.8 Å². The van der Waals surface area contributed by atoms with Crippen molar-refractivity contribution in [2.24, 2.45) is 5.73 Å². The highest BCUT2D eigenvalue weighted by atomic mass is 16.2. The highest BCUT2D eigenvalue weighted by Crippen LogP contribution is 2.25. The zero-order valence-electron chi connectivity index (χ0n) is 14.1. The molecule has 3 aromatic carbocycles. The molecule has 0 unspecified atom stereocenters. The molecular weight excluding hydrogens is 314 g/mol. The lowest BCUT2D eigenvalue weighted by Gasteiger charge is -2.14. The topological polar surface area (TPSA) is 84.2 Å². The smallest absolute Gasteiger partial charge is 0.323 e. The molecule has 0 fully saturated rings. The highest BCUT2D eigenvalue weighted by Gasteiger charge is 2.14. The van der Waals surface area contributed by atoms with Crippen molar-refractivity contribution in [1.29, 1.82) is 0 Å². The van der Waals surface area contributed by atoms with E-state index in [-0.39, 0.29) is 5.56 Å². The summed E-state index contributed by atoms with van der Waals surface area (Å²) in [6, 6.07) is 16.4. The lowest BCUT2D eigenvalue weighted by molar-refractivity contribution is 0.100. The average molecular weight is 333 g/mol. The van der Waals surface area contributed by atoms with Crippen molar-refractivity contribution in [3.63, 3.8) is 0 Å². The van der Waals surface area contributed by atoms with Gasteiger partial charge in [-0.3, -0.25) is 4.79 Å². The molecule has 0 saturated heterocycles. The Balaban J connectivity index is 1.92. The number of amides is 3. The Morgan fingerprint density at radius 3 is 2.04 bits per heavy atom. The van der Waals surface area contributed by atoms with E-state index < -0.39 is 11.9 Å². The standard InChI is InChI=1S/C20H19N3O2/c1-12-6-5-7-13(2)18(12)23-20(25)22-17-11-15-9-4-3-8-14(15)10-16(17)19(21)24/h3-11H,1-2H3,(H2,21,24)(H2,22,23,25). The van der Waals surface area contributed by atoms with E-state index in [2.05, 4.69) is 10.6 Å². The zero-order valence-corrected chi connectivity index (χ0v) is 14.1. The number of benzene rings is 3. The molecule has 3 amide bonds. The molecule has 25 heavy (non-hydrogen) atoms. The van der Waals surface area contributed by atoms with Gasteiger partial charge in [0.2, 0.25) is 0 Å². The SMILES string of the molecule is Cc1cccc(C)c1NC(=O)Nc1cc2ccccc2cc1C(N)=O. The Labute approximate surface area is 145 Å². The van der Waals surface area contributed by atoms with E-state index in [1.165, 1.54) is 0 Å². The molecule has 0 radical (unpaired) electrons. The van der Waals surface area contributed by atoms with Gasteiger partial charge in [-0.1, -0.05) is 42.5 Å². The van der Waals surface area contributed by atoms with Crippen LogP contribution in [0.2, 0.25) is 0 Å². The predicted octanol–water partition coefficient (Wildman–Crippen LogP) is 4.20. The van der Waals surface area contributed by atoms with Gasteiger partial charge >= 0.3 is 6.03 Å². The van der Waals surface area contributed by atoms with Gasteiger partial charge in [0, 0.05) is 5.69 Å². The summed E-state index contributed by atoms with van der Waals surface area (Å²) in [6.45, 7) is 3.85. The maximum absolute atomic E-state index is 12.4. The van der Waals surface area contributed by atoms with Crippen molar-refractivity contribution in [1.82, 2.24) is 0 Å². The van der Waals surface area contributed by atoms with E-state index in [9.17, 15) is 9.59 Å². The van der Waals surface area contributed by atoms with Gasteiger partial charge < -0.3 is 16.4 Å². The van der Waals surface area contributed by atoms with Crippen LogP contribution in [0.5, 0.6) is 0 Å². The van der Waals surface area contributed by atoms with Crippen LogP contribution < -0.4 is 16.4 Å². The fourth-order valence-corrected chi connectivity index (χ4v) is 2.83. The van der Waals surface area contributed by atoms with Crippen LogP contribution in [0, 0.1) is 13.8 Å². The third-order valence-electron chi connectivity index (χ3n) is 4.12. The number of para-hydroxylation sites is 1. The number of carbonyl (C=O) groups is 2. The third kappa shape index (κ3) is 3.45. The van der Waals surface area contributed by atoms with Gasteiger partial charge in [-0.2, -0.15) is 0 Å². The monoisotopic (exact) mass is 333 g/mol. The van der Waals surface area contributed by atoms with E-state index in [0.717, 1.165) is 27.6 Å². The maximum atomic E-state index is 12.4. The molecule has 0 aromatic heterocycles. The number of hydrogen-bond donors (Lipinski definition) is 3. The van der Waals surface area contributed by atoms with Crippen LogP contribution in [-0.4, -0.2) is 11.9 Å². The number of primary amides is 1. The number of hydrogen-bond acceptors (Lipinski definition) is 2. The van der Waals surface area contributed by atoms with E-state index in [0.29, 0.717) is 5.69 Å². The average Bonchev–Trinajstić information content (AvgIpc) is 2.57. The Bertz CT molecular complexity index is 960. The molecular formula is C20H19N3O2. The lowest BCUT2D eigenvalue weighted by Crippen LogP contribution is -2.23. The molecule has 3 aromatic rings. The zero-order chi connectivity index (χ0) is 18.0. The van der Waals surface area contributed by atoms with E-state index in [4.69, 9.17) is 5.73 Å². The van der Waals surface area contributed by atoms with Gasteiger partial charge in [-0.15, -0.1) is 0 Å². The summed E-state index contributed by atoms with van der Waals surface area (Å²) in [7, 11) is 0. The van der Waals surface area contributed by atoms with Crippen LogP contribution in [0.1, 0.15) is 21.5 Å². The molecule has 126 valence electrons. The molecule has 5 heteroatoms. The van der Waals surface area contributed by atoms with Crippen LogP contribution >= 0.6 is 0 Å². The maximum Gasteiger partial charge on any atom is 0.323 e. The third-order valence-corrected chi connectivity index (χ3v) is 4.12. The second-order valence-electron chi connectivity index (χ2n) is 5.96. The Morgan fingerprint density at radius 2 is 1.44 bits per heavy atom. The summed E-state index contributed by atoms with van der Waals surface area (Å²) in [5.41, 5.74) is 8.80. The normalized spacial score (nSPS) is 10.5. The second-order valence-corrected chi connectivity index (χ2v) is 5.96. The van der Waals surface area contributed by atoms with Crippen molar-refractivity contribution in [2.45, 2.75) is 13.8 Å². The minimum absolute atomic E-state index is 0.273. The minimum Gasteiger partial charge on any atom is -0.366 e. The summed E-state index contributed by atoms with van der Waals surface area (Å²) in [6.07, 6.45) is 0. The van der Waals surface area contributed by atoms with Crippen molar-refractivity contribution in [2.75, 3.05) is 10.6 Å². The summed E-state index contributed by atoms with van der Waals surface area (Å²) in [5, 5.41) is 7.37. The summed E-state index contributed by atoms with van der Waals surface area (Å²) in [5.74, 6) is -0.590. The predicted molar refractivity (Wildman–Crippen MR) is 101 cm³/mol. The quantitative estimate of drug-likeness (QED) is 0.671. The molecule has 0 aliphatic carbocycles. The van der Waals surface area contributed by atoms with Crippen molar-refractivity contribution in [3.05, 3.63) is 71.3 Å². The van der Waals surface area contributed by atoms with Crippen molar-refractivity contribution >= 4 is 34.1 Å². The number of nitrogens with one attached hydrogen (secondary N) is 2. The van der Waals surface area contributed by atoms with Crippen molar-refractivity contribution in [3.8, 4) is 0 Å². The molecule has 0 spiro atoms. The number of fused-ring (bicyclic) bond motifs is 1. The van der Waals surface area contributed by atoms with Crippen molar-refractivity contribution < 1.29 is 9.59 Å². The summed E-state index contributed by atoms with van der Waals surface area (Å²) in [4.78, 5) is 24.2. The molecule has 0 bridgehead atoms. The fourth-order valence-electron chi connectivity index (χ4n) is 2.83. The number of nitrogens with two attached hydrogens (primary N) is 1. The Morgan fingerprint density at radius 1 is 0.840 bits per heavy atom. The Hall–Kier alpha value is -3.34. The number of rotatable bonds is 3. The molecule has 0 heterocycles. The van der Waals surface area contributed by atoms with Gasteiger partial charge in [0.05, 0.1) is 11.3 Å². The minimum atomic E-state index is -0.590. The van der Waals surface area contributed by atoms with E-state index in [1.807, 2.05) is 56.3 Å². The van der Waals surface area contributed by atoms with Crippen LogP contribution in [0.15, 0.2) is 54.6 Å². The van der Waals surface area contributed by atoms with E-state index >= 15 is 0 Å². The molecule has 0 aliphatic heterocycles. The fraction of sp³-hybridized carbons (Fsp3) is 0.100. The summed E-state index contributed by atoms with van der Waals surface area (Å²) < 4.78 is 0. The van der Waals surface area contributed by atoms with Crippen LogP contribution in [0.4, 0.5) is 16.2 Å². The van der Waals surface area contributed by atoms with Gasteiger partial charge in [0.25, 0.3) is 5.91 Å². The van der Waals surface area contributed by atoms with Gasteiger partial charge in [0.15, 0.2) is 0 Å². The van der Waals surface area contributed by atoms with E-state index in [1.54, 1.807) is 12.1 Å². The molecule has 4 N–H and O–H groups in total. The first-order valence-corrected chi connectivity index (χ1v) is 7.92. The highest BCUT2D eigenvalue weighted by molar-refractivity contribution is 6.09. The first-order valence-electron chi connectivity index (χ1n) is 7.92. The second kappa shape index (κ2) is 6.65. The van der Waals surface area contributed by atoms with Crippen LogP contribution in [-0.2, 0) is 0 Å². The molecule has 0 saturated carbocycles. The molecule has 0 aliphatic rings. The number of aryl methyl sites for hydroxylation is 2. The molecule has 3 rings (SSSR count). The largest absolute Gasteiger partial charge is 0.366 e. The number of carbonyl (C=O) groups excluding carboxylic acids is 2. The summed E-state index contributed by atoms with van der Waals surface area (Å²) >= 11 is 0.